The second-order valence-electron chi connectivity index (χ2n) is 4.73. The molecule has 0 saturated carbocycles. The number of hydrogen-bond donors (Lipinski definition) is 3. The Hall–Kier alpha value is -1.69. The molecule has 1 atom stereocenters. The van der Waals surface area contributed by atoms with Crippen LogP contribution in [0.3, 0.4) is 0 Å². The van der Waals surface area contributed by atoms with Gasteiger partial charge in [0.05, 0.1) is 5.56 Å². The quantitative estimate of drug-likeness (QED) is 0.754. The summed E-state index contributed by atoms with van der Waals surface area (Å²) in [5.41, 5.74) is 1.49. The van der Waals surface area contributed by atoms with Crippen molar-refractivity contribution in [3.05, 3.63) is 29.3 Å². The minimum absolute atomic E-state index is 0.154. The molecule has 0 bridgehead atoms. The van der Waals surface area contributed by atoms with Crippen molar-refractivity contribution in [2.75, 3.05) is 23.9 Å². The first-order valence-electron chi connectivity index (χ1n) is 6.31. The van der Waals surface area contributed by atoms with Crippen molar-refractivity contribution < 1.29 is 14.7 Å². The molecule has 0 spiro atoms. The van der Waals surface area contributed by atoms with Gasteiger partial charge in [-0.1, -0.05) is 13.0 Å². The van der Waals surface area contributed by atoms with E-state index in [-0.39, 0.29) is 11.6 Å². The number of nitrogens with one attached hydrogen (secondary N) is 2. The fourth-order valence-electron chi connectivity index (χ4n) is 1.67. The third kappa shape index (κ3) is 5.13. The maximum Gasteiger partial charge on any atom is 0.335 e. The molecule has 20 heavy (non-hydrogen) atoms. The van der Waals surface area contributed by atoms with Gasteiger partial charge in [0.15, 0.2) is 0 Å². The average Bonchev–Trinajstić information content (AvgIpc) is 2.39. The monoisotopic (exact) mass is 296 g/mol. The molecule has 0 aliphatic carbocycles. The van der Waals surface area contributed by atoms with E-state index in [2.05, 4.69) is 17.6 Å². The van der Waals surface area contributed by atoms with E-state index in [0.29, 0.717) is 18.2 Å². The number of aromatic carboxylic acids is 1. The molecule has 1 rings (SSSR count). The molecule has 0 aromatic heterocycles. The van der Waals surface area contributed by atoms with Gasteiger partial charge < -0.3 is 15.7 Å². The molecule has 1 unspecified atom stereocenters. The zero-order chi connectivity index (χ0) is 15.1. The molecule has 2 amide bonds. The molecule has 0 fully saturated rings. The number of aryl methyl sites for hydroxylation is 1. The predicted octanol–water partition coefficient (Wildman–Crippen LogP) is 2.81. The van der Waals surface area contributed by atoms with Crippen LogP contribution in [0, 0.1) is 12.8 Å². The summed E-state index contributed by atoms with van der Waals surface area (Å²) in [6.45, 7) is 4.47. The molecule has 5 nitrogen and oxygen atoms in total. The Morgan fingerprint density at radius 1 is 1.40 bits per heavy atom. The smallest absolute Gasteiger partial charge is 0.335 e. The van der Waals surface area contributed by atoms with Gasteiger partial charge in [-0.3, -0.25) is 0 Å². The van der Waals surface area contributed by atoms with Crippen LogP contribution in [-0.2, 0) is 0 Å². The molecular formula is C14H20N2O3S. The fourth-order valence-corrected chi connectivity index (χ4v) is 2.35. The first-order valence-corrected chi connectivity index (χ1v) is 7.71. The van der Waals surface area contributed by atoms with Gasteiger partial charge in [0, 0.05) is 12.2 Å². The van der Waals surface area contributed by atoms with Crippen LogP contribution in [0.1, 0.15) is 22.8 Å². The second kappa shape index (κ2) is 7.79. The number of amides is 2. The van der Waals surface area contributed by atoms with E-state index in [1.807, 2.05) is 13.2 Å². The summed E-state index contributed by atoms with van der Waals surface area (Å²) < 4.78 is 0. The van der Waals surface area contributed by atoms with Gasteiger partial charge in [0.2, 0.25) is 0 Å². The van der Waals surface area contributed by atoms with E-state index in [4.69, 9.17) is 5.11 Å². The number of carbonyl (C=O) groups excluding carboxylic acids is 1. The molecule has 0 radical (unpaired) electrons. The lowest BCUT2D eigenvalue weighted by Gasteiger charge is -2.13. The standard InChI is InChI=1S/C14H20N2O3S/c1-9(8-20-3)7-15-14(19)16-12-6-11(13(17)18)5-4-10(12)2/h4-6,9H,7-8H2,1-3H3,(H,17,18)(H2,15,16,19). The summed E-state index contributed by atoms with van der Waals surface area (Å²) in [5.74, 6) is 0.359. The number of carboxylic acid groups (broad SMARTS) is 1. The SMILES string of the molecule is CSCC(C)CNC(=O)Nc1cc(C(=O)O)ccc1C. The Morgan fingerprint density at radius 3 is 2.70 bits per heavy atom. The Kier molecular flexibility index (Phi) is 6.38. The van der Waals surface area contributed by atoms with Gasteiger partial charge in [0.1, 0.15) is 0 Å². The zero-order valence-corrected chi connectivity index (χ0v) is 12.7. The van der Waals surface area contributed by atoms with Crippen LogP contribution in [0.25, 0.3) is 0 Å². The van der Waals surface area contributed by atoms with Crippen molar-refractivity contribution in [2.45, 2.75) is 13.8 Å². The molecule has 6 heteroatoms. The van der Waals surface area contributed by atoms with E-state index in [9.17, 15) is 9.59 Å². The van der Waals surface area contributed by atoms with Gasteiger partial charge >= 0.3 is 12.0 Å². The number of carbonyl (C=O) groups is 2. The zero-order valence-electron chi connectivity index (χ0n) is 11.9. The Morgan fingerprint density at radius 2 is 2.10 bits per heavy atom. The minimum Gasteiger partial charge on any atom is -0.478 e. The molecular weight excluding hydrogens is 276 g/mol. The summed E-state index contributed by atoms with van der Waals surface area (Å²) in [6, 6.07) is 4.34. The van der Waals surface area contributed by atoms with Gasteiger partial charge in [-0.25, -0.2) is 9.59 Å². The van der Waals surface area contributed by atoms with Crippen molar-refractivity contribution in [1.82, 2.24) is 5.32 Å². The summed E-state index contributed by atoms with van der Waals surface area (Å²) in [5, 5.41) is 14.4. The highest BCUT2D eigenvalue weighted by atomic mass is 32.2. The maximum absolute atomic E-state index is 11.8. The minimum atomic E-state index is -1.01. The summed E-state index contributed by atoms with van der Waals surface area (Å²) in [6.07, 6.45) is 2.03. The third-order valence-corrected chi connectivity index (χ3v) is 3.70. The number of carboxylic acids is 1. The Bertz CT molecular complexity index is 491. The topological polar surface area (TPSA) is 78.4 Å². The van der Waals surface area contributed by atoms with Gasteiger partial charge in [-0.05, 0) is 42.5 Å². The summed E-state index contributed by atoms with van der Waals surface area (Å²) in [4.78, 5) is 22.7. The summed E-state index contributed by atoms with van der Waals surface area (Å²) in [7, 11) is 0. The number of urea groups is 1. The molecule has 110 valence electrons. The number of thioether (sulfide) groups is 1. The van der Waals surface area contributed by atoms with Crippen LogP contribution < -0.4 is 10.6 Å². The van der Waals surface area contributed by atoms with Crippen molar-refractivity contribution in [3.63, 3.8) is 0 Å². The van der Waals surface area contributed by atoms with Crippen LogP contribution in [0.2, 0.25) is 0 Å². The third-order valence-electron chi connectivity index (χ3n) is 2.79. The number of anilines is 1. The normalized spacial score (nSPS) is 11.8. The molecule has 0 heterocycles. The van der Waals surface area contributed by atoms with Gasteiger partial charge in [0.25, 0.3) is 0 Å². The lowest BCUT2D eigenvalue weighted by Crippen LogP contribution is -2.33. The number of rotatable bonds is 6. The Balaban J connectivity index is 2.61. The molecule has 0 aliphatic heterocycles. The molecule has 1 aromatic rings. The van der Waals surface area contributed by atoms with Gasteiger partial charge in [-0.2, -0.15) is 11.8 Å². The molecule has 0 saturated heterocycles. The van der Waals surface area contributed by atoms with Crippen molar-refractivity contribution in [3.8, 4) is 0 Å². The largest absolute Gasteiger partial charge is 0.478 e. The number of hydrogen-bond acceptors (Lipinski definition) is 3. The van der Waals surface area contributed by atoms with Crippen LogP contribution >= 0.6 is 11.8 Å². The molecule has 3 N–H and O–H groups in total. The summed E-state index contributed by atoms with van der Waals surface area (Å²) >= 11 is 1.74. The highest BCUT2D eigenvalue weighted by Gasteiger charge is 2.09. The van der Waals surface area contributed by atoms with E-state index < -0.39 is 5.97 Å². The van der Waals surface area contributed by atoms with Crippen LogP contribution in [0.4, 0.5) is 10.5 Å². The highest BCUT2D eigenvalue weighted by molar-refractivity contribution is 7.98. The molecule has 0 aliphatic rings. The van der Waals surface area contributed by atoms with E-state index in [1.54, 1.807) is 17.8 Å². The maximum atomic E-state index is 11.8. The average molecular weight is 296 g/mol. The fraction of sp³-hybridized carbons (Fsp3) is 0.429. The first kappa shape index (κ1) is 16.4. The lowest BCUT2D eigenvalue weighted by atomic mass is 10.1. The molecule has 1 aromatic carbocycles. The van der Waals surface area contributed by atoms with Crippen LogP contribution in [0.15, 0.2) is 18.2 Å². The van der Waals surface area contributed by atoms with E-state index in [1.165, 1.54) is 12.1 Å². The highest BCUT2D eigenvalue weighted by Crippen LogP contribution is 2.16. The van der Waals surface area contributed by atoms with Crippen LogP contribution in [-0.4, -0.2) is 35.7 Å². The van der Waals surface area contributed by atoms with Crippen molar-refractivity contribution in [2.24, 2.45) is 5.92 Å². The first-order chi connectivity index (χ1) is 9.43. The second-order valence-corrected chi connectivity index (χ2v) is 5.64. The lowest BCUT2D eigenvalue weighted by molar-refractivity contribution is 0.0697. The van der Waals surface area contributed by atoms with Gasteiger partial charge in [-0.15, -0.1) is 0 Å². The van der Waals surface area contributed by atoms with Crippen LogP contribution in [0.5, 0.6) is 0 Å². The van der Waals surface area contributed by atoms with E-state index >= 15 is 0 Å². The Labute approximate surface area is 123 Å². The van der Waals surface area contributed by atoms with E-state index in [0.717, 1.165) is 11.3 Å². The van der Waals surface area contributed by atoms with Crippen molar-refractivity contribution in [1.29, 1.82) is 0 Å². The number of benzene rings is 1. The predicted molar refractivity (Wildman–Crippen MR) is 82.7 cm³/mol. The van der Waals surface area contributed by atoms with Crippen molar-refractivity contribution >= 4 is 29.4 Å².